The Bertz CT molecular complexity index is 936. The van der Waals surface area contributed by atoms with Gasteiger partial charge in [-0.3, -0.25) is 4.79 Å². The summed E-state index contributed by atoms with van der Waals surface area (Å²) in [5.41, 5.74) is 2.17. The van der Waals surface area contributed by atoms with Crippen molar-refractivity contribution in [3.05, 3.63) is 77.6 Å². The molecule has 1 fully saturated rings. The Kier molecular flexibility index (Phi) is 6.50. The van der Waals surface area contributed by atoms with Crippen LogP contribution in [0.25, 0.3) is 0 Å². The maximum atomic E-state index is 13.1. The van der Waals surface area contributed by atoms with E-state index < -0.39 is 0 Å². The van der Waals surface area contributed by atoms with E-state index in [0.717, 1.165) is 41.5 Å². The minimum Gasteiger partial charge on any atom is -0.340 e. The molecule has 2 N–H and O–H groups in total. The van der Waals surface area contributed by atoms with E-state index in [9.17, 15) is 4.79 Å². The molecule has 3 aromatic rings. The zero-order chi connectivity index (χ0) is 20.9. The van der Waals surface area contributed by atoms with Crippen molar-refractivity contribution in [2.45, 2.75) is 30.1 Å². The van der Waals surface area contributed by atoms with Crippen LogP contribution in [0.1, 0.15) is 41.9 Å². The van der Waals surface area contributed by atoms with Crippen LogP contribution in [-0.2, 0) is 11.8 Å². The minimum atomic E-state index is -0.154. The first-order valence-electron chi connectivity index (χ1n) is 10.3. The lowest BCUT2D eigenvalue weighted by molar-refractivity contribution is -0.911. The number of quaternary nitrogens is 1. The number of benzene rings is 2. The molecule has 2 heterocycles. The molecule has 2 atom stereocenters. The Morgan fingerprint density at radius 3 is 2.33 bits per heavy atom. The van der Waals surface area contributed by atoms with Gasteiger partial charge in [0.25, 0.3) is 5.91 Å². The van der Waals surface area contributed by atoms with Gasteiger partial charge >= 0.3 is 0 Å². The second-order valence-corrected chi connectivity index (χ2v) is 8.48. The summed E-state index contributed by atoms with van der Waals surface area (Å²) in [5, 5.41) is 12.9. The van der Waals surface area contributed by atoms with Crippen LogP contribution in [0.3, 0.4) is 0 Å². The van der Waals surface area contributed by atoms with Crippen molar-refractivity contribution in [3.8, 4) is 0 Å². The third-order valence-electron chi connectivity index (χ3n) is 5.81. The van der Waals surface area contributed by atoms with E-state index in [1.807, 2.05) is 49.7 Å². The van der Waals surface area contributed by atoms with Crippen molar-refractivity contribution in [2.24, 2.45) is 7.05 Å². The van der Waals surface area contributed by atoms with E-state index in [4.69, 9.17) is 0 Å². The molecule has 2 aromatic carbocycles. The van der Waals surface area contributed by atoms with Crippen LogP contribution in [0.2, 0.25) is 0 Å². The second-order valence-electron chi connectivity index (χ2n) is 7.71. The van der Waals surface area contributed by atoms with E-state index in [0.29, 0.717) is 6.54 Å². The number of hydrogen-bond donors (Lipinski definition) is 2. The molecule has 0 bridgehead atoms. The monoisotopic (exact) mass is 422 g/mol. The fourth-order valence-corrected chi connectivity index (χ4v) is 4.80. The van der Waals surface area contributed by atoms with Gasteiger partial charge in [0, 0.05) is 19.9 Å². The van der Waals surface area contributed by atoms with Crippen LogP contribution in [0.15, 0.2) is 65.8 Å². The maximum Gasteiger partial charge on any atom is 0.275 e. The summed E-state index contributed by atoms with van der Waals surface area (Å²) in [6.07, 6.45) is 4.13. The summed E-state index contributed by atoms with van der Waals surface area (Å²) in [6, 6.07) is 20.3. The first-order valence-corrected chi connectivity index (χ1v) is 11.6. The molecule has 1 aliphatic rings. The molecule has 1 unspecified atom stereocenters. The molecular weight excluding hydrogens is 394 g/mol. The number of carbonyl (C=O) groups is 1. The van der Waals surface area contributed by atoms with Gasteiger partial charge in [-0.05, 0) is 17.4 Å². The summed E-state index contributed by atoms with van der Waals surface area (Å²) < 4.78 is 2.06. The molecule has 1 amide bonds. The molecule has 0 aliphatic carbocycles. The first-order chi connectivity index (χ1) is 14.7. The lowest BCUT2D eigenvalue weighted by Crippen LogP contribution is -3.11. The highest BCUT2D eigenvalue weighted by molar-refractivity contribution is 7.98. The first kappa shape index (κ1) is 20.6. The van der Waals surface area contributed by atoms with Gasteiger partial charge in [-0.2, -0.15) is 0 Å². The number of rotatable bonds is 7. The zero-order valence-electron chi connectivity index (χ0n) is 17.4. The van der Waals surface area contributed by atoms with Crippen LogP contribution >= 0.6 is 11.8 Å². The van der Waals surface area contributed by atoms with Crippen molar-refractivity contribution < 1.29 is 9.69 Å². The normalized spacial score (nSPS) is 18.6. The topological polar surface area (TPSA) is 64.2 Å². The molecule has 0 spiro atoms. The maximum absolute atomic E-state index is 13.1. The number of nitrogens with zero attached hydrogens (tertiary/aromatic N) is 3. The Labute approximate surface area is 181 Å². The fourth-order valence-electron chi connectivity index (χ4n) is 4.31. The summed E-state index contributed by atoms with van der Waals surface area (Å²) in [6.45, 7) is 1.41. The number of amides is 1. The minimum absolute atomic E-state index is 0.0573. The van der Waals surface area contributed by atoms with Gasteiger partial charge in [-0.1, -0.05) is 72.4 Å². The lowest BCUT2D eigenvalue weighted by atomic mass is 9.99. The summed E-state index contributed by atoms with van der Waals surface area (Å²) in [4.78, 5) is 14.4. The Morgan fingerprint density at radius 2 is 1.77 bits per heavy atom. The average molecular weight is 423 g/mol. The van der Waals surface area contributed by atoms with Crippen molar-refractivity contribution in [1.29, 1.82) is 0 Å². The molecule has 6 nitrogen and oxygen atoms in total. The fraction of sp³-hybridized carbons (Fsp3) is 0.348. The molecule has 0 saturated carbocycles. The smallest absolute Gasteiger partial charge is 0.275 e. The molecule has 1 saturated heterocycles. The van der Waals surface area contributed by atoms with E-state index in [-0.39, 0.29) is 18.0 Å². The van der Waals surface area contributed by atoms with Crippen LogP contribution < -0.4 is 10.2 Å². The average Bonchev–Trinajstić information content (AvgIpc) is 3.38. The molecule has 156 valence electrons. The number of thioether (sulfide) groups is 1. The molecule has 7 heteroatoms. The highest BCUT2D eigenvalue weighted by Crippen LogP contribution is 2.22. The van der Waals surface area contributed by atoms with Gasteiger partial charge in [0.1, 0.15) is 6.04 Å². The highest BCUT2D eigenvalue weighted by Gasteiger charge is 2.35. The molecule has 0 radical (unpaired) electrons. The van der Waals surface area contributed by atoms with E-state index >= 15 is 0 Å². The van der Waals surface area contributed by atoms with Crippen molar-refractivity contribution in [1.82, 2.24) is 20.1 Å². The summed E-state index contributed by atoms with van der Waals surface area (Å²) in [7, 11) is 2.01. The van der Waals surface area contributed by atoms with Gasteiger partial charge < -0.3 is 14.8 Å². The SMILES string of the molecule is CSc1nnc([C@@H]2CCC[NH+]2CC(=O)NC(c2ccccc2)c2ccccc2)n1C. The standard InChI is InChI=1S/C23H27N5OS/c1-27-22(25-26-23(27)30-2)19-14-9-15-28(19)16-20(29)24-21(17-10-5-3-6-11-17)18-12-7-4-8-13-18/h3-8,10-13,19,21H,9,14-16H2,1-2H3,(H,24,29)/p+1/t19-/m0/s1. The predicted molar refractivity (Wildman–Crippen MR) is 118 cm³/mol. The van der Waals surface area contributed by atoms with Gasteiger partial charge in [0.05, 0.1) is 12.6 Å². The van der Waals surface area contributed by atoms with Gasteiger partial charge in [-0.15, -0.1) is 10.2 Å². The number of hydrogen-bond acceptors (Lipinski definition) is 4. The number of likely N-dealkylation sites (tertiary alicyclic amines) is 1. The molecule has 1 aromatic heterocycles. The quantitative estimate of drug-likeness (QED) is 0.573. The molecule has 30 heavy (non-hydrogen) atoms. The Hall–Kier alpha value is -2.64. The van der Waals surface area contributed by atoms with Crippen LogP contribution in [0.5, 0.6) is 0 Å². The second kappa shape index (κ2) is 9.45. The van der Waals surface area contributed by atoms with Crippen LogP contribution in [-0.4, -0.2) is 40.0 Å². The molecule has 1 aliphatic heterocycles. The Morgan fingerprint density at radius 1 is 1.13 bits per heavy atom. The van der Waals surface area contributed by atoms with Crippen molar-refractivity contribution >= 4 is 17.7 Å². The van der Waals surface area contributed by atoms with Gasteiger partial charge in [0.15, 0.2) is 17.5 Å². The Balaban J connectivity index is 1.50. The highest BCUT2D eigenvalue weighted by atomic mass is 32.2. The number of carbonyl (C=O) groups excluding carboxylic acids is 1. The van der Waals surface area contributed by atoms with Gasteiger partial charge in [-0.25, -0.2) is 0 Å². The summed E-state index contributed by atoms with van der Waals surface area (Å²) >= 11 is 1.59. The predicted octanol–water partition coefficient (Wildman–Crippen LogP) is 2.16. The van der Waals surface area contributed by atoms with E-state index in [1.165, 1.54) is 4.90 Å². The van der Waals surface area contributed by atoms with E-state index in [1.54, 1.807) is 11.8 Å². The third kappa shape index (κ3) is 4.42. The lowest BCUT2D eigenvalue weighted by Gasteiger charge is -2.23. The number of nitrogens with one attached hydrogen (secondary N) is 2. The van der Waals surface area contributed by atoms with E-state index in [2.05, 4.69) is 44.3 Å². The third-order valence-corrected chi connectivity index (χ3v) is 6.53. The van der Waals surface area contributed by atoms with Crippen LogP contribution in [0, 0.1) is 0 Å². The molecule has 4 rings (SSSR count). The summed E-state index contributed by atoms with van der Waals surface area (Å²) in [5.74, 6) is 1.03. The molecular formula is C23H28N5OS+. The van der Waals surface area contributed by atoms with Crippen molar-refractivity contribution in [2.75, 3.05) is 19.3 Å². The van der Waals surface area contributed by atoms with Crippen LogP contribution in [0.4, 0.5) is 0 Å². The largest absolute Gasteiger partial charge is 0.340 e. The van der Waals surface area contributed by atoms with Gasteiger partial charge in [0.2, 0.25) is 0 Å². The zero-order valence-corrected chi connectivity index (χ0v) is 18.2. The van der Waals surface area contributed by atoms with Crippen molar-refractivity contribution in [3.63, 3.8) is 0 Å². The number of aromatic nitrogens is 3.